The molecule has 0 spiro atoms. The molecular formula is C25H36N2O5S. The molecule has 2 aromatic carbocycles. The molecule has 0 radical (unpaired) electrons. The van der Waals surface area contributed by atoms with Crippen molar-refractivity contribution in [3.63, 3.8) is 0 Å². The van der Waals surface area contributed by atoms with Crippen molar-refractivity contribution in [3.8, 4) is 11.5 Å². The third-order valence-electron chi connectivity index (χ3n) is 5.27. The molecule has 0 fully saturated rings. The molecule has 0 saturated carbocycles. The molecule has 2 aromatic rings. The molecule has 182 valence electrons. The maximum atomic E-state index is 12.9. The number of aryl methyl sites for hydroxylation is 1. The van der Waals surface area contributed by atoms with E-state index in [2.05, 4.69) is 19.2 Å². The zero-order chi connectivity index (χ0) is 24.9. The summed E-state index contributed by atoms with van der Waals surface area (Å²) in [6, 6.07) is 10.4. The van der Waals surface area contributed by atoms with Crippen LogP contribution >= 0.6 is 0 Å². The number of benzene rings is 2. The Kier molecular flexibility index (Phi) is 8.77. The van der Waals surface area contributed by atoms with Gasteiger partial charge in [0.15, 0.2) is 0 Å². The topological polar surface area (TPSA) is 84.9 Å². The first-order chi connectivity index (χ1) is 15.3. The van der Waals surface area contributed by atoms with Crippen LogP contribution in [-0.2, 0) is 14.8 Å². The van der Waals surface area contributed by atoms with E-state index in [0.717, 1.165) is 33.0 Å². The molecule has 8 heteroatoms. The number of hydrogen-bond acceptors (Lipinski definition) is 5. The Morgan fingerprint density at radius 3 is 2.12 bits per heavy atom. The monoisotopic (exact) mass is 476 g/mol. The summed E-state index contributed by atoms with van der Waals surface area (Å²) in [5.74, 6) is 1.32. The number of hydrogen-bond donors (Lipinski definition) is 1. The first-order valence-electron chi connectivity index (χ1n) is 11.1. The summed E-state index contributed by atoms with van der Waals surface area (Å²) in [5, 5.41) is 2.94. The Morgan fingerprint density at radius 1 is 1.03 bits per heavy atom. The van der Waals surface area contributed by atoms with Crippen molar-refractivity contribution in [2.24, 2.45) is 0 Å². The van der Waals surface area contributed by atoms with E-state index < -0.39 is 15.9 Å². The predicted octanol–water partition coefficient (Wildman–Crippen LogP) is 4.56. The second-order valence-electron chi connectivity index (χ2n) is 8.82. The highest BCUT2D eigenvalue weighted by Crippen LogP contribution is 2.32. The Morgan fingerprint density at radius 2 is 1.64 bits per heavy atom. The molecule has 0 unspecified atom stereocenters. The number of ether oxygens (including phenoxy) is 2. The number of nitrogens with one attached hydrogen (secondary N) is 1. The van der Waals surface area contributed by atoms with E-state index in [0.29, 0.717) is 11.4 Å². The Hall–Kier alpha value is -2.74. The lowest BCUT2D eigenvalue weighted by molar-refractivity contribution is -0.120. The van der Waals surface area contributed by atoms with E-state index in [9.17, 15) is 13.2 Å². The smallest absolute Gasteiger partial charge is 0.241 e. The molecule has 0 aliphatic carbocycles. The number of methoxy groups -OCH3 is 1. The fourth-order valence-corrected chi connectivity index (χ4v) is 4.53. The van der Waals surface area contributed by atoms with E-state index in [1.165, 1.54) is 0 Å². The fraction of sp³-hybridized carbons (Fsp3) is 0.480. The van der Waals surface area contributed by atoms with Crippen molar-refractivity contribution in [2.75, 3.05) is 24.2 Å². The van der Waals surface area contributed by atoms with Gasteiger partial charge in [0, 0.05) is 0 Å². The Labute approximate surface area is 198 Å². The van der Waals surface area contributed by atoms with Gasteiger partial charge >= 0.3 is 0 Å². The first kappa shape index (κ1) is 26.5. The van der Waals surface area contributed by atoms with E-state index in [4.69, 9.17) is 9.47 Å². The van der Waals surface area contributed by atoms with Crippen molar-refractivity contribution < 1.29 is 22.7 Å². The van der Waals surface area contributed by atoms with Gasteiger partial charge in [-0.2, -0.15) is 0 Å². The van der Waals surface area contributed by atoms with Crippen LogP contribution in [0.3, 0.4) is 0 Å². The highest BCUT2D eigenvalue weighted by atomic mass is 32.2. The SMILES string of the molecule is COc1cc(C)c([C@@H](C)NC(=O)CN(c2ccc(OC(C)C)cc2)S(C)(=O)=O)cc1C(C)C. The molecule has 1 amide bonds. The largest absolute Gasteiger partial charge is 0.496 e. The second kappa shape index (κ2) is 10.9. The fourth-order valence-electron chi connectivity index (χ4n) is 3.67. The number of amides is 1. The molecule has 2 rings (SSSR count). The number of sulfonamides is 1. The molecule has 33 heavy (non-hydrogen) atoms. The van der Waals surface area contributed by atoms with Crippen LogP contribution in [0.25, 0.3) is 0 Å². The van der Waals surface area contributed by atoms with Gasteiger partial charge in [0.25, 0.3) is 0 Å². The van der Waals surface area contributed by atoms with E-state index in [-0.39, 0.29) is 24.6 Å². The van der Waals surface area contributed by atoms with Crippen LogP contribution in [0, 0.1) is 6.92 Å². The van der Waals surface area contributed by atoms with E-state index >= 15 is 0 Å². The molecule has 7 nitrogen and oxygen atoms in total. The standard InChI is InChI=1S/C25H36N2O5S/c1-16(2)22-14-23(18(5)13-24(22)31-7)19(6)26-25(28)15-27(33(8,29)30)20-9-11-21(12-10-20)32-17(3)4/h9-14,16-17,19H,15H2,1-8H3,(H,26,28)/t19-/m1/s1. The molecule has 0 bridgehead atoms. The van der Waals surface area contributed by atoms with E-state index in [1.54, 1.807) is 31.4 Å². The lowest BCUT2D eigenvalue weighted by atomic mass is 9.93. The number of anilines is 1. The summed E-state index contributed by atoms with van der Waals surface area (Å²) in [6.07, 6.45) is 1.09. The van der Waals surface area contributed by atoms with Crippen LogP contribution in [-0.4, -0.2) is 40.3 Å². The zero-order valence-electron chi connectivity index (χ0n) is 20.8. The van der Waals surface area contributed by atoms with Crippen molar-refractivity contribution in [3.05, 3.63) is 53.1 Å². The second-order valence-corrected chi connectivity index (χ2v) is 10.7. The highest BCUT2D eigenvalue weighted by Gasteiger charge is 2.23. The number of carbonyl (C=O) groups is 1. The lowest BCUT2D eigenvalue weighted by Crippen LogP contribution is -2.41. The van der Waals surface area contributed by atoms with Crippen LogP contribution in [0.4, 0.5) is 5.69 Å². The van der Waals surface area contributed by atoms with Crippen LogP contribution in [0.5, 0.6) is 11.5 Å². The van der Waals surface area contributed by atoms with Crippen LogP contribution in [0.15, 0.2) is 36.4 Å². The zero-order valence-corrected chi connectivity index (χ0v) is 21.6. The van der Waals surface area contributed by atoms with Gasteiger partial charge < -0.3 is 14.8 Å². The summed E-state index contributed by atoms with van der Waals surface area (Å²) < 4.78 is 37.1. The van der Waals surface area contributed by atoms with Crippen LogP contribution in [0.1, 0.15) is 63.3 Å². The number of carbonyl (C=O) groups excluding carboxylic acids is 1. The average molecular weight is 477 g/mol. The first-order valence-corrected chi connectivity index (χ1v) is 12.9. The highest BCUT2D eigenvalue weighted by molar-refractivity contribution is 7.92. The van der Waals surface area contributed by atoms with Gasteiger partial charge in [-0.1, -0.05) is 13.8 Å². The van der Waals surface area contributed by atoms with E-state index in [1.807, 2.05) is 39.8 Å². The van der Waals surface area contributed by atoms with Gasteiger partial charge in [0.05, 0.1) is 31.2 Å². The van der Waals surface area contributed by atoms with Crippen molar-refractivity contribution >= 4 is 21.6 Å². The molecular weight excluding hydrogens is 440 g/mol. The quantitative estimate of drug-likeness (QED) is 0.543. The Bertz CT molecular complexity index is 1060. The molecule has 0 aromatic heterocycles. The summed E-state index contributed by atoms with van der Waals surface area (Å²) in [6.45, 7) is 11.5. The summed E-state index contributed by atoms with van der Waals surface area (Å²) in [5.41, 5.74) is 3.42. The number of rotatable bonds is 10. The van der Waals surface area contributed by atoms with Crippen LogP contribution in [0.2, 0.25) is 0 Å². The van der Waals surface area contributed by atoms with Gasteiger partial charge in [0.2, 0.25) is 15.9 Å². The Balaban J connectivity index is 2.22. The van der Waals surface area contributed by atoms with Gasteiger partial charge in [0.1, 0.15) is 18.0 Å². The van der Waals surface area contributed by atoms with Gasteiger partial charge in [-0.15, -0.1) is 0 Å². The van der Waals surface area contributed by atoms with Crippen molar-refractivity contribution in [2.45, 2.75) is 59.6 Å². The third kappa shape index (κ3) is 7.12. The molecule has 0 aliphatic rings. The van der Waals surface area contributed by atoms with Gasteiger partial charge in [-0.25, -0.2) is 8.42 Å². The molecule has 0 heterocycles. The minimum Gasteiger partial charge on any atom is -0.496 e. The molecule has 0 saturated heterocycles. The maximum Gasteiger partial charge on any atom is 0.241 e. The lowest BCUT2D eigenvalue weighted by Gasteiger charge is -2.25. The van der Waals surface area contributed by atoms with Gasteiger partial charge in [-0.3, -0.25) is 9.10 Å². The third-order valence-corrected chi connectivity index (χ3v) is 6.41. The predicted molar refractivity (Wildman–Crippen MR) is 133 cm³/mol. The average Bonchev–Trinajstić information content (AvgIpc) is 2.70. The summed E-state index contributed by atoms with van der Waals surface area (Å²) in [4.78, 5) is 12.9. The summed E-state index contributed by atoms with van der Waals surface area (Å²) >= 11 is 0. The number of nitrogens with zero attached hydrogens (tertiary/aromatic N) is 1. The summed E-state index contributed by atoms with van der Waals surface area (Å²) in [7, 11) is -2.02. The van der Waals surface area contributed by atoms with Crippen molar-refractivity contribution in [1.29, 1.82) is 0 Å². The molecule has 0 aliphatic heterocycles. The minimum absolute atomic E-state index is 0.00625. The van der Waals surface area contributed by atoms with Gasteiger partial charge in [-0.05, 0) is 86.7 Å². The normalized spacial score (nSPS) is 12.5. The molecule has 1 atom stereocenters. The van der Waals surface area contributed by atoms with Crippen molar-refractivity contribution in [1.82, 2.24) is 5.32 Å². The maximum absolute atomic E-state index is 12.9. The molecule has 1 N–H and O–H groups in total. The minimum atomic E-state index is -3.67. The van der Waals surface area contributed by atoms with Crippen LogP contribution < -0.4 is 19.1 Å².